The second-order valence-corrected chi connectivity index (χ2v) is 5.18. The number of nitrogens with zero attached hydrogens (tertiary/aromatic N) is 4. The molecule has 0 aliphatic carbocycles. The van der Waals surface area contributed by atoms with E-state index >= 15 is 0 Å². The predicted molar refractivity (Wildman–Crippen MR) is 75.0 cm³/mol. The third-order valence-corrected chi connectivity index (χ3v) is 3.67. The average molecular weight is 254 g/mol. The lowest BCUT2D eigenvalue weighted by Crippen LogP contribution is -2.21. The number of pyridine rings is 1. The third kappa shape index (κ3) is 2.89. The number of rotatable bonds is 3. The Morgan fingerprint density at radius 1 is 1.26 bits per heavy atom. The van der Waals surface area contributed by atoms with Gasteiger partial charge in [0.05, 0.1) is 0 Å². The summed E-state index contributed by atoms with van der Waals surface area (Å²) in [6.45, 7) is 4.18. The smallest absolute Gasteiger partial charge is 0.132 e. The van der Waals surface area contributed by atoms with Gasteiger partial charge in [0.1, 0.15) is 12.1 Å². The first kappa shape index (κ1) is 12.1. The fourth-order valence-electron chi connectivity index (χ4n) is 2.67. The van der Waals surface area contributed by atoms with Gasteiger partial charge in [-0.25, -0.2) is 9.97 Å². The minimum atomic E-state index is 0.706. The van der Waals surface area contributed by atoms with Crippen LogP contribution in [0.1, 0.15) is 17.7 Å². The highest BCUT2D eigenvalue weighted by atomic mass is 15.2. The molecule has 1 aliphatic heterocycles. The summed E-state index contributed by atoms with van der Waals surface area (Å²) in [4.78, 5) is 14.9. The summed E-state index contributed by atoms with van der Waals surface area (Å²) < 4.78 is 0. The highest BCUT2D eigenvalue weighted by Gasteiger charge is 2.23. The molecule has 1 atom stereocenters. The van der Waals surface area contributed by atoms with Crippen molar-refractivity contribution in [3.63, 3.8) is 0 Å². The van der Waals surface area contributed by atoms with E-state index in [-0.39, 0.29) is 0 Å². The van der Waals surface area contributed by atoms with E-state index in [1.165, 1.54) is 12.0 Å². The van der Waals surface area contributed by atoms with Gasteiger partial charge in [-0.15, -0.1) is 0 Å². The Balaban J connectivity index is 1.64. The molecule has 0 radical (unpaired) electrons. The molecule has 3 rings (SSSR count). The molecule has 2 aromatic rings. The van der Waals surface area contributed by atoms with Gasteiger partial charge < -0.3 is 4.90 Å². The van der Waals surface area contributed by atoms with Crippen LogP contribution in [0.2, 0.25) is 0 Å². The molecule has 19 heavy (non-hydrogen) atoms. The molecule has 0 bridgehead atoms. The quantitative estimate of drug-likeness (QED) is 0.842. The molecule has 0 aromatic carbocycles. The van der Waals surface area contributed by atoms with Crippen LogP contribution >= 0.6 is 0 Å². The van der Waals surface area contributed by atoms with Gasteiger partial charge in [-0.2, -0.15) is 0 Å². The summed E-state index contributed by atoms with van der Waals surface area (Å²) >= 11 is 0. The lowest BCUT2D eigenvalue weighted by atomic mass is 10.00. The molecule has 4 nitrogen and oxygen atoms in total. The first-order valence-corrected chi connectivity index (χ1v) is 6.74. The Morgan fingerprint density at radius 3 is 2.89 bits per heavy atom. The van der Waals surface area contributed by atoms with Gasteiger partial charge in [-0.3, -0.25) is 4.98 Å². The molecule has 0 saturated carbocycles. The summed E-state index contributed by atoms with van der Waals surface area (Å²) in [6.07, 6.45) is 7.75. The molecule has 3 heterocycles. The Morgan fingerprint density at radius 2 is 2.11 bits per heavy atom. The summed E-state index contributed by atoms with van der Waals surface area (Å²) in [5.41, 5.74) is 2.41. The highest BCUT2D eigenvalue weighted by Crippen LogP contribution is 2.24. The monoisotopic (exact) mass is 254 g/mol. The Hall–Kier alpha value is -1.97. The maximum absolute atomic E-state index is 4.37. The van der Waals surface area contributed by atoms with E-state index in [9.17, 15) is 0 Å². The van der Waals surface area contributed by atoms with Crippen molar-refractivity contribution in [2.24, 2.45) is 5.92 Å². The van der Waals surface area contributed by atoms with Crippen molar-refractivity contribution in [1.29, 1.82) is 0 Å². The van der Waals surface area contributed by atoms with Gasteiger partial charge >= 0.3 is 0 Å². The van der Waals surface area contributed by atoms with Gasteiger partial charge in [-0.05, 0) is 43.4 Å². The maximum Gasteiger partial charge on any atom is 0.132 e. The van der Waals surface area contributed by atoms with Gasteiger partial charge in [0.25, 0.3) is 0 Å². The SMILES string of the molecule is Cc1cc(N2CCC(Cc3ccncc3)C2)ncn1. The molecule has 0 amide bonds. The average Bonchev–Trinajstić information content (AvgIpc) is 2.88. The normalized spacial score (nSPS) is 18.8. The lowest BCUT2D eigenvalue weighted by molar-refractivity contribution is 0.586. The predicted octanol–water partition coefficient (Wildman–Crippen LogP) is 2.25. The topological polar surface area (TPSA) is 41.9 Å². The zero-order chi connectivity index (χ0) is 13.1. The third-order valence-electron chi connectivity index (χ3n) is 3.67. The van der Waals surface area contributed by atoms with Gasteiger partial charge in [0.2, 0.25) is 0 Å². The summed E-state index contributed by atoms with van der Waals surface area (Å²) in [7, 11) is 0. The van der Waals surface area contributed by atoms with E-state index < -0.39 is 0 Å². The fraction of sp³-hybridized carbons (Fsp3) is 0.400. The van der Waals surface area contributed by atoms with Gasteiger partial charge in [0.15, 0.2) is 0 Å². The largest absolute Gasteiger partial charge is 0.356 e. The van der Waals surface area contributed by atoms with Crippen LogP contribution in [0.25, 0.3) is 0 Å². The van der Waals surface area contributed by atoms with Gasteiger partial charge in [0, 0.05) is 37.2 Å². The summed E-state index contributed by atoms with van der Waals surface area (Å²) in [5.74, 6) is 1.77. The summed E-state index contributed by atoms with van der Waals surface area (Å²) in [5, 5.41) is 0. The van der Waals surface area contributed by atoms with Crippen LogP contribution in [0, 0.1) is 12.8 Å². The maximum atomic E-state index is 4.37. The zero-order valence-electron chi connectivity index (χ0n) is 11.2. The van der Waals surface area contributed by atoms with Crippen LogP contribution < -0.4 is 4.90 Å². The fourth-order valence-corrected chi connectivity index (χ4v) is 2.67. The lowest BCUT2D eigenvalue weighted by Gasteiger charge is -2.17. The Kier molecular flexibility index (Phi) is 3.40. The molecule has 98 valence electrons. The second kappa shape index (κ2) is 5.34. The Labute approximate surface area is 113 Å². The Bertz CT molecular complexity index is 541. The van der Waals surface area contributed by atoms with Crippen molar-refractivity contribution in [3.8, 4) is 0 Å². The molecular weight excluding hydrogens is 236 g/mol. The van der Waals surface area contributed by atoms with Crippen LogP contribution in [-0.2, 0) is 6.42 Å². The van der Waals surface area contributed by atoms with Crippen molar-refractivity contribution in [3.05, 3.63) is 48.2 Å². The van der Waals surface area contributed by atoms with Crippen LogP contribution in [0.4, 0.5) is 5.82 Å². The molecule has 1 unspecified atom stereocenters. The van der Waals surface area contributed by atoms with Crippen molar-refractivity contribution in [2.75, 3.05) is 18.0 Å². The molecule has 0 spiro atoms. The van der Waals surface area contributed by atoms with Crippen LogP contribution in [-0.4, -0.2) is 28.0 Å². The van der Waals surface area contributed by atoms with Gasteiger partial charge in [-0.1, -0.05) is 0 Å². The zero-order valence-corrected chi connectivity index (χ0v) is 11.2. The second-order valence-electron chi connectivity index (χ2n) is 5.18. The molecule has 1 fully saturated rings. The van der Waals surface area contributed by atoms with Crippen molar-refractivity contribution in [2.45, 2.75) is 19.8 Å². The first-order valence-electron chi connectivity index (χ1n) is 6.74. The van der Waals surface area contributed by atoms with Crippen molar-refractivity contribution in [1.82, 2.24) is 15.0 Å². The van der Waals surface area contributed by atoms with Crippen LogP contribution in [0.3, 0.4) is 0 Å². The van der Waals surface area contributed by atoms with E-state index in [2.05, 4.69) is 38.1 Å². The van der Waals surface area contributed by atoms with E-state index in [4.69, 9.17) is 0 Å². The minimum absolute atomic E-state index is 0.706. The highest BCUT2D eigenvalue weighted by molar-refractivity contribution is 5.40. The van der Waals surface area contributed by atoms with E-state index in [1.54, 1.807) is 6.33 Å². The number of aryl methyl sites for hydroxylation is 1. The molecule has 2 aromatic heterocycles. The van der Waals surface area contributed by atoms with Crippen molar-refractivity contribution < 1.29 is 0 Å². The van der Waals surface area contributed by atoms with Crippen molar-refractivity contribution >= 4 is 5.82 Å². The van der Waals surface area contributed by atoms with E-state index in [1.807, 2.05) is 19.3 Å². The molecule has 4 heteroatoms. The number of aromatic nitrogens is 3. The van der Waals surface area contributed by atoms with Crippen LogP contribution in [0.5, 0.6) is 0 Å². The first-order chi connectivity index (χ1) is 9.31. The molecule has 1 saturated heterocycles. The molecule has 1 aliphatic rings. The molecular formula is C15H18N4. The number of hydrogen-bond acceptors (Lipinski definition) is 4. The number of anilines is 1. The number of hydrogen-bond donors (Lipinski definition) is 0. The minimum Gasteiger partial charge on any atom is -0.356 e. The summed E-state index contributed by atoms with van der Waals surface area (Å²) in [6, 6.07) is 6.28. The van der Waals surface area contributed by atoms with E-state index in [0.717, 1.165) is 31.0 Å². The van der Waals surface area contributed by atoms with E-state index in [0.29, 0.717) is 5.92 Å². The molecule has 0 N–H and O–H groups in total. The standard InChI is InChI=1S/C15H18N4/c1-12-8-15(18-11-17-12)19-7-4-14(10-19)9-13-2-5-16-6-3-13/h2-3,5-6,8,11,14H,4,7,9-10H2,1H3. The van der Waals surface area contributed by atoms with Crippen LogP contribution in [0.15, 0.2) is 36.9 Å².